The summed E-state index contributed by atoms with van der Waals surface area (Å²) in [5, 5.41) is 0.562. The van der Waals surface area contributed by atoms with Gasteiger partial charge in [-0.3, -0.25) is 9.97 Å². The van der Waals surface area contributed by atoms with Gasteiger partial charge in [-0.15, -0.1) is 0 Å². The van der Waals surface area contributed by atoms with Gasteiger partial charge in [0.2, 0.25) is 0 Å². The molecule has 0 aromatic carbocycles. The lowest BCUT2D eigenvalue weighted by atomic mass is 10.2. The van der Waals surface area contributed by atoms with Crippen LogP contribution in [-0.4, -0.2) is 28.2 Å². The van der Waals surface area contributed by atoms with Crippen LogP contribution < -0.4 is 9.47 Å². The van der Waals surface area contributed by atoms with E-state index in [1.54, 1.807) is 24.5 Å². The minimum atomic E-state index is 0.562. The van der Waals surface area contributed by atoms with Gasteiger partial charge in [-0.1, -0.05) is 11.6 Å². The van der Waals surface area contributed by atoms with Crippen molar-refractivity contribution in [3.63, 3.8) is 0 Å². The Morgan fingerprint density at radius 1 is 0.760 bits per heavy atom. The van der Waals surface area contributed by atoms with Crippen LogP contribution in [0.2, 0.25) is 5.02 Å². The highest BCUT2D eigenvalue weighted by molar-refractivity contribution is 6.31. The van der Waals surface area contributed by atoms with Crippen molar-refractivity contribution in [1.29, 1.82) is 0 Å². The molecule has 0 aliphatic carbocycles. The van der Waals surface area contributed by atoms with Gasteiger partial charge in [0.25, 0.3) is 0 Å². The molecule has 0 saturated carbocycles. The van der Waals surface area contributed by atoms with Crippen LogP contribution in [0.4, 0.5) is 0 Å². The maximum atomic E-state index is 6.29. The number of hydrogen-bond acceptors (Lipinski definition) is 5. The molecule has 0 atom stereocenters. The molecule has 5 nitrogen and oxygen atoms in total. The summed E-state index contributed by atoms with van der Waals surface area (Å²) in [5.41, 5.74) is 2.70. The topological polar surface area (TPSA) is 57.1 Å². The minimum Gasteiger partial charge on any atom is -0.494 e. The molecule has 128 valence electrons. The summed E-state index contributed by atoms with van der Waals surface area (Å²) in [6.45, 7) is 5.05. The normalized spacial score (nSPS) is 10.5. The summed E-state index contributed by atoms with van der Waals surface area (Å²) in [5.74, 6) is 1.49. The predicted octanol–water partition coefficient (Wildman–Crippen LogP) is 4.66. The van der Waals surface area contributed by atoms with Gasteiger partial charge in [-0.25, -0.2) is 4.98 Å². The van der Waals surface area contributed by atoms with E-state index in [9.17, 15) is 0 Å². The molecule has 3 heterocycles. The van der Waals surface area contributed by atoms with Gasteiger partial charge >= 0.3 is 0 Å². The number of rotatable bonds is 6. The Kier molecular flexibility index (Phi) is 5.46. The Morgan fingerprint density at radius 2 is 1.24 bits per heavy atom. The molecule has 0 bridgehead atoms. The first-order valence-electron chi connectivity index (χ1n) is 8.05. The van der Waals surface area contributed by atoms with Crippen molar-refractivity contribution in [3.05, 3.63) is 53.8 Å². The van der Waals surface area contributed by atoms with Crippen molar-refractivity contribution in [2.45, 2.75) is 13.8 Å². The molecular weight excluding hydrogens is 338 g/mol. The van der Waals surface area contributed by atoms with Gasteiger partial charge < -0.3 is 9.47 Å². The third-order valence-corrected chi connectivity index (χ3v) is 3.62. The zero-order valence-electron chi connectivity index (χ0n) is 14.1. The Morgan fingerprint density at radius 3 is 1.68 bits per heavy atom. The summed E-state index contributed by atoms with van der Waals surface area (Å²) >= 11 is 6.29. The summed E-state index contributed by atoms with van der Waals surface area (Å²) in [7, 11) is 0. The van der Waals surface area contributed by atoms with Crippen LogP contribution in [0.25, 0.3) is 22.8 Å². The molecular formula is C19H18ClN3O2. The molecule has 0 spiro atoms. The number of aromatic nitrogens is 3. The fourth-order valence-electron chi connectivity index (χ4n) is 2.38. The van der Waals surface area contributed by atoms with Crippen molar-refractivity contribution in [2.24, 2.45) is 0 Å². The average molecular weight is 356 g/mol. The fraction of sp³-hybridized carbons (Fsp3) is 0.211. The number of pyridine rings is 3. The van der Waals surface area contributed by atoms with E-state index < -0.39 is 0 Å². The highest BCUT2D eigenvalue weighted by Crippen LogP contribution is 2.28. The van der Waals surface area contributed by atoms with Gasteiger partial charge in [0.05, 0.1) is 36.0 Å². The zero-order valence-corrected chi connectivity index (χ0v) is 14.8. The van der Waals surface area contributed by atoms with Crippen molar-refractivity contribution < 1.29 is 9.47 Å². The van der Waals surface area contributed by atoms with E-state index in [-0.39, 0.29) is 0 Å². The molecule has 0 saturated heterocycles. The van der Waals surface area contributed by atoms with Crippen LogP contribution in [0.5, 0.6) is 11.5 Å². The molecule has 0 N–H and O–H groups in total. The van der Waals surface area contributed by atoms with E-state index in [1.807, 2.05) is 38.1 Å². The molecule has 6 heteroatoms. The first-order valence-corrected chi connectivity index (χ1v) is 8.43. The van der Waals surface area contributed by atoms with Crippen LogP contribution in [0.3, 0.4) is 0 Å². The smallest absolute Gasteiger partial charge is 0.123 e. The number of hydrogen-bond donors (Lipinski definition) is 0. The van der Waals surface area contributed by atoms with Crippen molar-refractivity contribution in [3.8, 4) is 34.3 Å². The lowest BCUT2D eigenvalue weighted by molar-refractivity contribution is 0.340. The molecule has 25 heavy (non-hydrogen) atoms. The molecule has 0 aliphatic heterocycles. The van der Waals surface area contributed by atoms with Gasteiger partial charge in [0.1, 0.15) is 11.5 Å². The van der Waals surface area contributed by atoms with E-state index in [2.05, 4.69) is 15.0 Å². The fourth-order valence-corrected chi connectivity index (χ4v) is 2.58. The number of halogens is 1. The maximum Gasteiger partial charge on any atom is 0.123 e. The van der Waals surface area contributed by atoms with E-state index in [0.717, 1.165) is 11.5 Å². The van der Waals surface area contributed by atoms with Crippen molar-refractivity contribution in [2.75, 3.05) is 13.2 Å². The van der Waals surface area contributed by atoms with Gasteiger partial charge in [-0.05, 0) is 38.1 Å². The van der Waals surface area contributed by atoms with Crippen molar-refractivity contribution in [1.82, 2.24) is 15.0 Å². The highest BCUT2D eigenvalue weighted by atomic mass is 35.5. The summed E-state index contributed by atoms with van der Waals surface area (Å²) in [6.07, 6.45) is 3.38. The van der Waals surface area contributed by atoms with E-state index in [4.69, 9.17) is 21.1 Å². The van der Waals surface area contributed by atoms with Gasteiger partial charge in [-0.2, -0.15) is 0 Å². The largest absolute Gasteiger partial charge is 0.494 e. The standard InChI is InChI=1S/C19H18ClN3O2/c1-3-24-14-5-7-21-16(11-14)18-9-13(20)10-19(23-18)17-12-15(25-4-2)6-8-22-17/h5-12H,3-4H2,1-2H3. The molecule has 3 rings (SSSR count). The zero-order chi connectivity index (χ0) is 17.6. The molecule has 0 radical (unpaired) electrons. The Bertz CT molecular complexity index is 803. The van der Waals surface area contributed by atoms with Gasteiger partial charge in [0.15, 0.2) is 0 Å². The molecule has 0 aliphatic rings. The van der Waals surface area contributed by atoms with Crippen molar-refractivity contribution >= 4 is 11.6 Å². The predicted molar refractivity (Wildman–Crippen MR) is 98.0 cm³/mol. The number of nitrogens with zero attached hydrogens (tertiary/aromatic N) is 3. The second-order valence-corrected chi connectivity index (χ2v) is 5.61. The molecule has 3 aromatic heterocycles. The Labute approximate surface area is 151 Å². The van der Waals surface area contributed by atoms with Crippen LogP contribution in [-0.2, 0) is 0 Å². The Balaban J connectivity index is 2.01. The lowest BCUT2D eigenvalue weighted by Gasteiger charge is -2.09. The van der Waals surface area contributed by atoms with E-state index in [1.165, 1.54) is 0 Å². The molecule has 0 fully saturated rings. The van der Waals surface area contributed by atoms with Crippen LogP contribution in [0.15, 0.2) is 48.8 Å². The van der Waals surface area contributed by atoms with Gasteiger partial charge in [0, 0.05) is 29.5 Å². The average Bonchev–Trinajstić information content (AvgIpc) is 2.62. The van der Waals surface area contributed by atoms with Crippen LogP contribution in [0, 0.1) is 0 Å². The van der Waals surface area contributed by atoms with E-state index in [0.29, 0.717) is 41.0 Å². The van der Waals surface area contributed by atoms with Crippen LogP contribution in [0.1, 0.15) is 13.8 Å². The maximum absolute atomic E-state index is 6.29. The van der Waals surface area contributed by atoms with Crippen LogP contribution >= 0.6 is 11.6 Å². The minimum absolute atomic E-state index is 0.562. The number of ether oxygens (including phenoxy) is 2. The summed E-state index contributed by atoms with van der Waals surface area (Å²) in [4.78, 5) is 13.4. The second kappa shape index (κ2) is 7.94. The monoisotopic (exact) mass is 355 g/mol. The Hall–Kier alpha value is -2.66. The molecule has 0 amide bonds. The SMILES string of the molecule is CCOc1ccnc(-c2cc(Cl)cc(-c3cc(OCC)ccn3)n2)c1. The quantitative estimate of drug-likeness (QED) is 0.643. The first kappa shape index (κ1) is 17.2. The summed E-state index contributed by atoms with van der Waals surface area (Å²) in [6, 6.07) is 10.9. The first-order chi connectivity index (χ1) is 12.2. The highest BCUT2D eigenvalue weighted by Gasteiger charge is 2.10. The lowest BCUT2D eigenvalue weighted by Crippen LogP contribution is -1.96. The molecule has 0 unspecified atom stereocenters. The van der Waals surface area contributed by atoms with E-state index >= 15 is 0 Å². The summed E-state index contributed by atoms with van der Waals surface area (Å²) < 4.78 is 11.1. The second-order valence-electron chi connectivity index (χ2n) is 5.18. The molecule has 3 aromatic rings. The third-order valence-electron chi connectivity index (χ3n) is 3.40. The third kappa shape index (κ3) is 4.25.